The van der Waals surface area contributed by atoms with Gasteiger partial charge in [0, 0.05) is 6.20 Å². The Balaban J connectivity index is 2.25. The predicted molar refractivity (Wildman–Crippen MR) is 63.8 cm³/mol. The zero-order valence-corrected chi connectivity index (χ0v) is 10.0. The van der Waals surface area contributed by atoms with Gasteiger partial charge in [0.05, 0.1) is 10.6 Å². The molecule has 88 valence electrons. The summed E-state index contributed by atoms with van der Waals surface area (Å²) in [6.45, 7) is 1.66. The molecule has 1 aromatic rings. The van der Waals surface area contributed by atoms with E-state index in [0.29, 0.717) is 6.42 Å². The van der Waals surface area contributed by atoms with Crippen LogP contribution in [-0.2, 0) is 4.79 Å². The molecule has 0 spiro atoms. The quantitative estimate of drug-likeness (QED) is 0.430. The summed E-state index contributed by atoms with van der Waals surface area (Å²) >= 11 is 1.61. The summed E-state index contributed by atoms with van der Waals surface area (Å²) in [5, 5.41) is 0.924. The van der Waals surface area contributed by atoms with E-state index in [-0.39, 0.29) is 0 Å². The normalized spacial score (nSPS) is 14.4. The summed E-state index contributed by atoms with van der Waals surface area (Å²) < 4.78 is 0. The standard InChI is InChI=1S/C10H16N4OS/c1-10(12,9(11)15)4-2-6-16-8-3-5-13-7-14-8/h3,5,7H,2,4,6,12H2,1H3,(H2,11,15). The maximum Gasteiger partial charge on any atom is 0.237 e. The summed E-state index contributed by atoms with van der Waals surface area (Å²) in [4.78, 5) is 18.9. The molecule has 1 atom stereocenters. The zero-order chi connectivity index (χ0) is 12.0. The molecule has 6 heteroatoms. The van der Waals surface area contributed by atoms with E-state index in [9.17, 15) is 4.79 Å². The van der Waals surface area contributed by atoms with Crippen molar-refractivity contribution in [1.82, 2.24) is 9.97 Å². The van der Waals surface area contributed by atoms with Gasteiger partial charge in [0.25, 0.3) is 0 Å². The van der Waals surface area contributed by atoms with Crippen LogP contribution < -0.4 is 11.5 Å². The monoisotopic (exact) mass is 240 g/mol. The molecule has 0 radical (unpaired) electrons. The van der Waals surface area contributed by atoms with E-state index in [1.807, 2.05) is 6.07 Å². The number of rotatable bonds is 6. The second kappa shape index (κ2) is 5.81. The van der Waals surface area contributed by atoms with Crippen molar-refractivity contribution < 1.29 is 4.79 Å². The van der Waals surface area contributed by atoms with Crippen molar-refractivity contribution in [3.63, 3.8) is 0 Å². The number of hydrogen-bond donors (Lipinski definition) is 2. The number of primary amides is 1. The van der Waals surface area contributed by atoms with Gasteiger partial charge >= 0.3 is 0 Å². The minimum atomic E-state index is -0.910. The highest BCUT2D eigenvalue weighted by Crippen LogP contribution is 2.17. The maximum absolute atomic E-state index is 11.0. The minimum Gasteiger partial charge on any atom is -0.368 e. The van der Waals surface area contributed by atoms with Crippen molar-refractivity contribution in [3.8, 4) is 0 Å². The molecule has 0 aliphatic rings. The van der Waals surface area contributed by atoms with Gasteiger partial charge < -0.3 is 11.5 Å². The molecule has 0 aromatic carbocycles. The third kappa shape index (κ3) is 4.16. The smallest absolute Gasteiger partial charge is 0.237 e. The molecule has 1 aromatic heterocycles. The highest BCUT2D eigenvalue weighted by atomic mass is 32.2. The van der Waals surface area contributed by atoms with Crippen LogP contribution in [0.25, 0.3) is 0 Å². The van der Waals surface area contributed by atoms with Crippen molar-refractivity contribution in [2.24, 2.45) is 11.5 Å². The number of thioether (sulfide) groups is 1. The number of carbonyl (C=O) groups excluding carboxylic acids is 1. The molecule has 0 aliphatic carbocycles. The summed E-state index contributed by atoms with van der Waals surface area (Å²) in [6.07, 6.45) is 4.62. The van der Waals surface area contributed by atoms with Crippen LogP contribution in [0, 0.1) is 0 Å². The number of carbonyl (C=O) groups is 1. The first-order chi connectivity index (χ1) is 7.52. The Morgan fingerprint density at radius 2 is 2.38 bits per heavy atom. The van der Waals surface area contributed by atoms with Gasteiger partial charge in [-0.3, -0.25) is 4.79 Å². The van der Waals surface area contributed by atoms with Gasteiger partial charge in [0.15, 0.2) is 0 Å². The number of nitrogens with two attached hydrogens (primary N) is 2. The molecule has 1 unspecified atom stereocenters. The van der Waals surface area contributed by atoms with Gasteiger partial charge in [-0.1, -0.05) is 0 Å². The van der Waals surface area contributed by atoms with E-state index >= 15 is 0 Å². The van der Waals surface area contributed by atoms with Crippen molar-refractivity contribution in [3.05, 3.63) is 18.6 Å². The molecular formula is C10H16N4OS. The van der Waals surface area contributed by atoms with Gasteiger partial charge in [-0.15, -0.1) is 11.8 Å². The number of hydrogen-bond acceptors (Lipinski definition) is 5. The topological polar surface area (TPSA) is 94.9 Å². The average molecular weight is 240 g/mol. The summed E-state index contributed by atoms with van der Waals surface area (Å²) in [5.74, 6) is 0.399. The van der Waals surface area contributed by atoms with E-state index in [0.717, 1.165) is 17.2 Å². The molecule has 0 fully saturated rings. The zero-order valence-electron chi connectivity index (χ0n) is 9.22. The van der Waals surface area contributed by atoms with E-state index in [2.05, 4.69) is 9.97 Å². The number of nitrogens with zero attached hydrogens (tertiary/aromatic N) is 2. The average Bonchev–Trinajstić information content (AvgIpc) is 2.26. The van der Waals surface area contributed by atoms with Gasteiger partial charge in [0.2, 0.25) is 5.91 Å². The first-order valence-corrected chi connectivity index (χ1v) is 5.98. The second-order valence-electron chi connectivity index (χ2n) is 3.78. The van der Waals surface area contributed by atoms with Crippen LogP contribution in [0.2, 0.25) is 0 Å². The minimum absolute atomic E-state index is 0.459. The molecule has 1 heterocycles. The molecule has 0 bridgehead atoms. The van der Waals surface area contributed by atoms with Crippen LogP contribution in [0.3, 0.4) is 0 Å². The Morgan fingerprint density at radius 1 is 1.62 bits per heavy atom. The first-order valence-electron chi connectivity index (χ1n) is 5.00. The molecule has 0 saturated heterocycles. The highest BCUT2D eigenvalue weighted by Gasteiger charge is 2.24. The first kappa shape index (κ1) is 12.9. The molecule has 0 saturated carbocycles. The molecule has 5 nitrogen and oxygen atoms in total. The van der Waals surface area contributed by atoms with Crippen molar-refractivity contribution >= 4 is 17.7 Å². The lowest BCUT2D eigenvalue weighted by atomic mass is 9.97. The molecule has 16 heavy (non-hydrogen) atoms. The van der Waals surface area contributed by atoms with Crippen LogP contribution in [0.4, 0.5) is 0 Å². The van der Waals surface area contributed by atoms with Crippen molar-refractivity contribution in [1.29, 1.82) is 0 Å². The number of aromatic nitrogens is 2. The molecule has 1 rings (SSSR count). The predicted octanol–water partition coefficient (Wildman–Crippen LogP) is 0.552. The Morgan fingerprint density at radius 3 is 2.94 bits per heavy atom. The number of amides is 1. The Hall–Kier alpha value is -1.14. The fourth-order valence-electron chi connectivity index (χ4n) is 1.10. The van der Waals surface area contributed by atoms with Gasteiger partial charge in [-0.25, -0.2) is 9.97 Å². The largest absolute Gasteiger partial charge is 0.368 e. The van der Waals surface area contributed by atoms with E-state index < -0.39 is 11.4 Å². The van der Waals surface area contributed by atoms with Crippen LogP contribution in [-0.4, -0.2) is 27.2 Å². The SMILES string of the molecule is CC(N)(CCCSc1ccncn1)C(N)=O. The van der Waals surface area contributed by atoms with Crippen LogP contribution >= 0.6 is 11.8 Å². The molecular weight excluding hydrogens is 224 g/mol. The summed E-state index contributed by atoms with van der Waals surface area (Å²) in [5.41, 5.74) is 9.99. The van der Waals surface area contributed by atoms with E-state index in [1.165, 1.54) is 6.33 Å². The van der Waals surface area contributed by atoms with Gasteiger partial charge in [0.1, 0.15) is 6.33 Å². The second-order valence-corrected chi connectivity index (χ2v) is 4.90. The van der Waals surface area contributed by atoms with Gasteiger partial charge in [-0.2, -0.15) is 0 Å². The van der Waals surface area contributed by atoms with Crippen LogP contribution in [0.15, 0.2) is 23.6 Å². The van der Waals surface area contributed by atoms with E-state index in [1.54, 1.807) is 24.9 Å². The Kier molecular flexibility index (Phi) is 4.70. The third-order valence-electron chi connectivity index (χ3n) is 2.21. The lowest BCUT2D eigenvalue weighted by Crippen LogP contribution is -2.49. The summed E-state index contributed by atoms with van der Waals surface area (Å²) in [7, 11) is 0. The maximum atomic E-state index is 11.0. The molecule has 4 N–H and O–H groups in total. The Labute approximate surface area is 99.0 Å². The fraction of sp³-hybridized carbons (Fsp3) is 0.500. The molecule has 1 amide bonds. The fourth-order valence-corrected chi connectivity index (χ4v) is 1.88. The third-order valence-corrected chi connectivity index (χ3v) is 3.24. The summed E-state index contributed by atoms with van der Waals surface area (Å²) in [6, 6.07) is 1.85. The lowest BCUT2D eigenvalue weighted by Gasteiger charge is -2.19. The van der Waals surface area contributed by atoms with Crippen molar-refractivity contribution in [2.75, 3.05) is 5.75 Å². The molecule has 0 aliphatic heterocycles. The van der Waals surface area contributed by atoms with Crippen LogP contribution in [0.5, 0.6) is 0 Å². The lowest BCUT2D eigenvalue weighted by molar-refractivity contribution is -0.122. The highest BCUT2D eigenvalue weighted by molar-refractivity contribution is 7.99. The van der Waals surface area contributed by atoms with Gasteiger partial charge in [-0.05, 0) is 31.6 Å². The van der Waals surface area contributed by atoms with E-state index in [4.69, 9.17) is 11.5 Å². The van der Waals surface area contributed by atoms with Crippen molar-refractivity contribution in [2.45, 2.75) is 30.3 Å². The van der Waals surface area contributed by atoms with Crippen LogP contribution in [0.1, 0.15) is 19.8 Å². The Bertz CT molecular complexity index is 342.